The molecule has 1 N–H and O–H groups in total. The van der Waals surface area contributed by atoms with Gasteiger partial charge in [-0.15, -0.1) is 11.8 Å². The van der Waals surface area contributed by atoms with Crippen LogP contribution in [0.15, 0.2) is 51.8 Å². The first-order valence-electron chi connectivity index (χ1n) is 6.08. The summed E-state index contributed by atoms with van der Waals surface area (Å²) in [6, 6.07) is 11.5. The van der Waals surface area contributed by atoms with Gasteiger partial charge in [-0.2, -0.15) is 0 Å². The summed E-state index contributed by atoms with van der Waals surface area (Å²) in [7, 11) is 0. The highest BCUT2D eigenvalue weighted by molar-refractivity contribution is 9.10. The molecule has 2 aromatic rings. The summed E-state index contributed by atoms with van der Waals surface area (Å²) < 4.78 is 0.963. The Balaban J connectivity index is 1.98. The lowest BCUT2D eigenvalue weighted by Crippen LogP contribution is -2.14. The van der Waals surface area contributed by atoms with Crippen LogP contribution >= 0.6 is 39.3 Å². The van der Waals surface area contributed by atoms with Gasteiger partial charge in [0.1, 0.15) is 0 Å². The number of carbonyl (C=O) groups is 1. The molecule has 0 aliphatic carbocycles. The van der Waals surface area contributed by atoms with Crippen LogP contribution in [0.5, 0.6) is 0 Å². The molecule has 22 heavy (non-hydrogen) atoms. The van der Waals surface area contributed by atoms with E-state index in [2.05, 4.69) is 21.2 Å². The quantitative estimate of drug-likeness (QED) is 0.446. The summed E-state index contributed by atoms with van der Waals surface area (Å²) in [4.78, 5) is 23.1. The molecule has 5 nitrogen and oxygen atoms in total. The topological polar surface area (TPSA) is 72.2 Å². The fraction of sp³-hybridized carbons (Fsp3) is 0.0714. The first-order chi connectivity index (χ1) is 10.5. The summed E-state index contributed by atoms with van der Waals surface area (Å²) >= 11 is 10.6. The maximum Gasteiger partial charge on any atom is 0.271 e. The molecule has 0 aliphatic rings. The zero-order valence-corrected chi connectivity index (χ0v) is 14.2. The molecule has 0 aromatic heterocycles. The molecule has 1 amide bonds. The Morgan fingerprint density at radius 3 is 2.59 bits per heavy atom. The van der Waals surface area contributed by atoms with Crippen molar-refractivity contribution < 1.29 is 9.72 Å². The number of hydrogen-bond donors (Lipinski definition) is 1. The van der Waals surface area contributed by atoms with Crippen LogP contribution in [-0.2, 0) is 4.79 Å². The number of nitrogens with zero attached hydrogens (tertiary/aromatic N) is 1. The number of nitro groups is 1. The predicted octanol–water partition coefficient (Wildman–Crippen LogP) is 4.74. The molecule has 0 bridgehead atoms. The molecule has 2 aromatic carbocycles. The van der Waals surface area contributed by atoms with Crippen molar-refractivity contribution >= 4 is 56.6 Å². The molecule has 0 fully saturated rings. The van der Waals surface area contributed by atoms with Crippen molar-refractivity contribution in [2.24, 2.45) is 0 Å². The Morgan fingerprint density at radius 2 is 1.95 bits per heavy atom. The van der Waals surface area contributed by atoms with E-state index in [0.717, 1.165) is 9.37 Å². The highest BCUT2D eigenvalue weighted by Crippen LogP contribution is 2.27. The van der Waals surface area contributed by atoms with Gasteiger partial charge < -0.3 is 5.32 Å². The number of amides is 1. The number of halogens is 2. The van der Waals surface area contributed by atoms with Crippen molar-refractivity contribution in [1.29, 1.82) is 0 Å². The highest BCUT2D eigenvalue weighted by Gasteiger charge is 2.12. The van der Waals surface area contributed by atoms with Crippen molar-refractivity contribution in [1.82, 2.24) is 0 Å². The van der Waals surface area contributed by atoms with E-state index in [-0.39, 0.29) is 28.1 Å². The number of non-ortho nitro benzene ring substituents is 1. The minimum absolute atomic E-state index is 0.125. The van der Waals surface area contributed by atoms with Crippen molar-refractivity contribution in [3.8, 4) is 0 Å². The van der Waals surface area contributed by atoms with Gasteiger partial charge in [0, 0.05) is 21.5 Å². The number of hydrogen-bond acceptors (Lipinski definition) is 4. The molecule has 8 heteroatoms. The molecule has 0 spiro atoms. The Bertz CT molecular complexity index is 710. The third kappa shape index (κ3) is 4.72. The minimum atomic E-state index is -0.539. The molecule has 0 radical (unpaired) electrons. The SMILES string of the molecule is O=C(CSc1ccc(Br)cc1)Nc1cc([N+](=O)[O-])ccc1Cl. The number of nitro benzene ring substituents is 1. The lowest BCUT2D eigenvalue weighted by atomic mass is 10.3. The van der Waals surface area contributed by atoms with E-state index in [1.54, 1.807) is 0 Å². The fourth-order valence-electron chi connectivity index (χ4n) is 1.59. The third-order valence-corrected chi connectivity index (χ3v) is 4.49. The van der Waals surface area contributed by atoms with Crippen LogP contribution in [0, 0.1) is 10.1 Å². The van der Waals surface area contributed by atoms with Gasteiger partial charge in [0.15, 0.2) is 0 Å². The van der Waals surface area contributed by atoms with Crippen molar-refractivity contribution in [3.63, 3.8) is 0 Å². The summed E-state index contributed by atoms with van der Waals surface area (Å²) in [5.74, 6) is -0.101. The zero-order valence-electron chi connectivity index (χ0n) is 11.1. The summed E-state index contributed by atoms with van der Waals surface area (Å²) in [5.41, 5.74) is 0.109. The van der Waals surface area contributed by atoms with Crippen molar-refractivity contribution in [3.05, 3.63) is 62.1 Å². The second kappa shape index (κ2) is 7.62. The monoisotopic (exact) mass is 400 g/mol. The number of rotatable bonds is 5. The second-order valence-electron chi connectivity index (χ2n) is 4.21. The lowest BCUT2D eigenvalue weighted by molar-refractivity contribution is -0.384. The van der Waals surface area contributed by atoms with Gasteiger partial charge in [-0.1, -0.05) is 27.5 Å². The van der Waals surface area contributed by atoms with Gasteiger partial charge in [0.05, 0.1) is 21.4 Å². The smallest absolute Gasteiger partial charge is 0.271 e. The molecule has 114 valence electrons. The fourth-order valence-corrected chi connectivity index (χ4v) is 2.72. The van der Waals surface area contributed by atoms with Crippen LogP contribution < -0.4 is 5.32 Å². The number of thioether (sulfide) groups is 1. The molecule has 0 heterocycles. The highest BCUT2D eigenvalue weighted by atomic mass is 79.9. The van der Waals surface area contributed by atoms with Gasteiger partial charge >= 0.3 is 0 Å². The van der Waals surface area contributed by atoms with E-state index in [1.807, 2.05) is 24.3 Å². The molecule has 0 saturated heterocycles. The molecular weight excluding hydrogens is 392 g/mol. The van der Waals surface area contributed by atoms with E-state index in [4.69, 9.17) is 11.6 Å². The number of nitrogens with one attached hydrogen (secondary N) is 1. The average Bonchev–Trinajstić information content (AvgIpc) is 2.48. The standard InChI is InChI=1S/C14H10BrClN2O3S/c15-9-1-4-11(5-2-9)22-8-14(19)17-13-7-10(18(20)21)3-6-12(13)16/h1-7H,8H2,(H,17,19). The van der Waals surface area contributed by atoms with Crippen LogP contribution in [0.3, 0.4) is 0 Å². The van der Waals surface area contributed by atoms with Gasteiger partial charge in [-0.3, -0.25) is 14.9 Å². The largest absolute Gasteiger partial charge is 0.324 e. The second-order valence-corrected chi connectivity index (χ2v) is 6.58. The van der Waals surface area contributed by atoms with Gasteiger partial charge in [0.25, 0.3) is 5.69 Å². The third-order valence-electron chi connectivity index (χ3n) is 2.62. The van der Waals surface area contributed by atoms with E-state index >= 15 is 0 Å². The first kappa shape index (κ1) is 16.8. The Morgan fingerprint density at radius 1 is 1.27 bits per heavy atom. The number of anilines is 1. The Kier molecular flexibility index (Phi) is 5.82. The number of benzene rings is 2. The maximum absolute atomic E-state index is 11.9. The van der Waals surface area contributed by atoms with Gasteiger partial charge in [-0.05, 0) is 30.3 Å². The summed E-state index contributed by atoms with van der Waals surface area (Å²) in [5, 5.41) is 13.6. The molecule has 0 saturated carbocycles. The molecule has 0 unspecified atom stereocenters. The van der Waals surface area contributed by atoms with Crippen LogP contribution in [-0.4, -0.2) is 16.6 Å². The lowest BCUT2D eigenvalue weighted by Gasteiger charge is -2.07. The van der Waals surface area contributed by atoms with E-state index in [0.29, 0.717) is 0 Å². The molecule has 0 aliphatic heterocycles. The first-order valence-corrected chi connectivity index (χ1v) is 8.23. The molecule has 2 rings (SSSR count). The van der Waals surface area contributed by atoms with Crippen LogP contribution in [0.1, 0.15) is 0 Å². The van der Waals surface area contributed by atoms with Crippen LogP contribution in [0.25, 0.3) is 0 Å². The molecular formula is C14H10BrClN2O3S. The normalized spacial score (nSPS) is 10.3. The van der Waals surface area contributed by atoms with Gasteiger partial charge in [0.2, 0.25) is 5.91 Å². The Hall–Kier alpha value is -1.57. The number of carbonyl (C=O) groups excluding carboxylic acids is 1. The summed E-state index contributed by atoms with van der Waals surface area (Å²) in [6.45, 7) is 0. The van der Waals surface area contributed by atoms with E-state index < -0.39 is 4.92 Å². The maximum atomic E-state index is 11.9. The minimum Gasteiger partial charge on any atom is -0.324 e. The van der Waals surface area contributed by atoms with E-state index in [9.17, 15) is 14.9 Å². The summed E-state index contributed by atoms with van der Waals surface area (Å²) in [6.07, 6.45) is 0. The molecule has 0 atom stereocenters. The van der Waals surface area contributed by atoms with Crippen LogP contribution in [0.2, 0.25) is 5.02 Å². The van der Waals surface area contributed by atoms with Crippen molar-refractivity contribution in [2.45, 2.75) is 4.90 Å². The Labute approximate surface area is 144 Å². The zero-order chi connectivity index (χ0) is 16.1. The predicted molar refractivity (Wildman–Crippen MR) is 91.6 cm³/mol. The van der Waals surface area contributed by atoms with Crippen molar-refractivity contribution in [2.75, 3.05) is 11.1 Å². The average molecular weight is 402 g/mol. The van der Waals surface area contributed by atoms with Crippen LogP contribution in [0.4, 0.5) is 11.4 Å². The van der Waals surface area contributed by atoms with Gasteiger partial charge in [-0.25, -0.2) is 0 Å². The van der Waals surface area contributed by atoms with E-state index in [1.165, 1.54) is 30.0 Å².